The number of carbonyl (C=O) groups is 1. The van der Waals surface area contributed by atoms with Crippen molar-refractivity contribution in [1.29, 1.82) is 0 Å². The summed E-state index contributed by atoms with van der Waals surface area (Å²) in [7, 11) is 0. The van der Waals surface area contributed by atoms with E-state index in [4.69, 9.17) is 0 Å². The molecule has 0 unspecified atom stereocenters. The van der Waals surface area contributed by atoms with Gasteiger partial charge in [0.15, 0.2) is 0 Å². The largest absolute Gasteiger partial charge is 0.393 e. The van der Waals surface area contributed by atoms with Gasteiger partial charge in [0.05, 0.1) is 11.7 Å². The Kier molecular flexibility index (Phi) is 4.69. The topological polar surface area (TPSA) is 69.9 Å². The molecule has 1 amide bonds. The van der Waals surface area contributed by atoms with Crippen LogP contribution in [-0.4, -0.2) is 44.5 Å². The van der Waals surface area contributed by atoms with Crippen LogP contribution in [0.2, 0.25) is 0 Å². The summed E-state index contributed by atoms with van der Waals surface area (Å²) in [5.74, 6) is -0.137. The van der Waals surface area contributed by atoms with Crippen molar-refractivity contribution in [2.75, 3.05) is 18.4 Å². The predicted octanol–water partition coefficient (Wildman–Crippen LogP) is 2.54. The summed E-state index contributed by atoms with van der Waals surface area (Å²) in [6.45, 7) is 2.52. The van der Waals surface area contributed by atoms with Gasteiger partial charge in [-0.3, -0.25) is 9.69 Å². The van der Waals surface area contributed by atoms with Crippen LogP contribution < -0.4 is 5.32 Å². The van der Waals surface area contributed by atoms with Crippen LogP contribution in [0.3, 0.4) is 0 Å². The van der Waals surface area contributed by atoms with Gasteiger partial charge in [-0.25, -0.2) is 4.98 Å². The molecule has 0 aliphatic carbocycles. The number of piperidine rings is 1. The molecule has 0 radical (unpaired) electrons. The smallest absolute Gasteiger partial charge is 0.257 e. The Hall–Kier alpha value is -2.70. The van der Waals surface area contributed by atoms with Crippen LogP contribution in [0, 0.1) is 0 Å². The maximum atomic E-state index is 12.7. The van der Waals surface area contributed by atoms with Crippen LogP contribution in [0.4, 0.5) is 5.69 Å². The van der Waals surface area contributed by atoms with E-state index in [9.17, 15) is 9.90 Å². The SMILES string of the molecule is O=C(Nc1ccccc1CN1CCC(O)CC1)c1ccc2nccn2c1. The average molecular weight is 350 g/mol. The number of aliphatic hydroxyl groups is 1. The molecule has 0 spiro atoms. The molecule has 1 fully saturated rings. The molecule has 3 heterocycles. The molecule has 4 rings (SSSR count). The zero-order valence-corrected chi connectivity index (χ0v) is 14.5. The van der Waals surface area contributed by atoms with Crippen molar-refractivity contribution in [3.63, 3.8) is 0 Å². The van der Waals surface area contributed by atoms with Gasteiger partial charge in [-0.15, -0.1) is 0 Å². The average Bonchev–Trinajstić information content (AvgIpc) is 3.13. The highest BCUT2D eigenvalue weighted by Gasteiger charge is 2.18. The van der Waals surface area contributed by atoms with Crippen LogP contribution in [-0.2, 0) is 6.54 Å². The number of imidazole rings is 1. The van der Waals surface area contributed by atoms with E-state index in [2.05, 4.69) is 15.2 Å². The molecule has 0 atom stereocenters. The van der Waals surface area contributed by atoms with E-state index < -0.39 is 0 Å². The van der Waals surface area contributed by atoms with Gasteiger partial charge in [-0.1, -0.05) is 18.2 Å². The Morgan fingerprint density at radius 2 is 2.00 bits per heavy atom. The van der Waals surface area contributed by atoms with E-state index in [1.54, 1.807) is 18.5 Å². The summed E-state index contributed by atoms with van der Waals surface area (Å²) in [6, 6.07) is 11.5. The zero-order valence-electron chi connectivity index (χ0n) is 14.5. The maximum absolute atomic E-state index is 12.7. The molecule has 26 heavy (non-hydrogen) atoms. The van der Waals surface area contributed by atoms with E-state index in [-0.39, 0.29) is 12.0 Å². The summed E-state index contributed by atoms with van der Waals surface area (Å²) in [5.41, 5.74) is 3.32. The third-order valence-electron chi connectivity index (χ3n) is 4.87. The van der Waals surface area contributed by atoms with E-state index in [0.717, 1.165) is 49.4 Å². The first-order chi connectivity index (χ1) is 12.7. The molecular formula is C20H22N4O2. The molecule has 6 heteroatoms. The van der Waals surface area contributed by atoms with Gasteiger partial charge in [0.2, 0.25) is 0 Å². The number of likely N-dealkylation sites (tertiary alicyclic amines) is 1. The number of nitrogens with zero attached hydrogens (tertiary/aromatic N) is 3. The molecular weight excluding hydrogens is 328 g/mol. The Balaban J connectivity index is 1.49. The van der Waals surface area contributed by atoms with Crippen LogP contribution in [0.1, 0.15) is 28.8 Å². The van der Waals surface area contributed by atoms with Gasteiger partial charge >= 0.3 is 0 Å². The molecule has 6 nitrogen and oxygen atoms in total. The summed E-state index contributed by atoms with van der Waals surface area (Å²) in [6.07, 6.45) is 6.75. The molecule has 1 aromatic carbocycles. The monoisotopic (exact) mass is 350 g/mol. The summed E-state index contributed by atoms with van der Waals surface area (Å²) in [5, 5.41) is 12.7. The lowest BCUT2D eigenvalue weighted by atomic mass is 10.1. The van der Waals surface area contributed by atoms with Crippen molar-refractivity contribution in [3.05, 3.63) is 66.1 Å². The summed E-state index contributed by atoms with van der Waals surface area (Å²) >= 11 is 0. The molecule has 0 saturated carbocycles. The van der Waals surface area contributed by atoms with Crippen molar-refractivity contribution in [1.82, 2.24) is 14.3 Å². The lowest BCUT2D eigenvalue weighted by Gasteiger charge is -2.30. The second-order valence-corrected chi connectivity index (χ2v) is 6.73. The minimum absolute atomic E-state index is 0.137. The number of rotatable bonds is 4. The zero-order chi connectivity index (χ0) is 17.9. The fourth-order valence-corrected chi connectivity index (χ4v) is 3.35. The second-order valence-electron chi connectivity index (χ2n) is 6.73. The van der Waals surface area contributed by atoms with Gasteiger partial charge in [-0.05, 0) is 36.6 Å². The van der Waals surface area contributed by atoms with Crippen molar-refractivity contribution < 1.29 is 9.90 Å². The molecule has 0 bridgehead atoms. The van der Waals surface area contributed by atoms with Gasteiger partial charge < -0.3 is 14.8 Å². The number of pyridine rings is 1. The Morgan fingerprint density at radius 3 is 2.85 bits per heavy atom. The molecule has 134 valence electrons. The highest BCUT2D eigenvalue weighted by Crippen LogP contribution is 2.21. The van der Waals surface area contributed by atoms with E-state index in [1.165, 1.54) is 0 Å². The number of anilines is 1. The predicted molar refractivity (Wildman–Crippen MR) is 100 cm³/mol. The van der Waals surface area contributed by atoms with Crippen LogP contribution >= 0.6 is 0 Å². The highest BCUT2D eigenvalue weighted by atomic mass is 16.3. The summed E-state index contributed by atoms with van der Waals surface area (Å²) in [4.78, 5) is 19.2. The van der Waals surface area contributed by atoms with E-state index in [0.29, 0.717) is 5.56 Å². The van der Waals surface area contributed by atoms with E-state index in [1.807, 2.05) is 40.9 Å². The number of aliphatic hydroxyl groups excluding tert-OH is 1. The van der Waals surface area contributed by atoms with Crippen molar-refractivity contribution >= 4 is 17.2 Å². The van der Waals surface area contributed by atoms with Crippen LogP contribution in [0.25, 0.3) is 5.65 Å². The van der Waals surface area contributed by atoms with Crippen LogP contribution in [0.15, 0.2) is 55.0 Å². The third-order valence-corrected chi connectivity index (χ3v) is 4.87. The minimum atomic E-state index is -0.181. The first-order valence-electron chi connectivity index (χ1n) is 8.91. The normalized spacial score (nSPS) is 16.0. The lowest BCUT2D eigenvalue weighted by molar-refractivity contribution is 0.0793. The molecule has 3 aromatic rings. The number of hydrogen-bond acceptors (Lipinski definition) is 4. The number of fused-ring (bicyclic) bond motifs is 1. The fourth-order valence-electron chi connectivity index (χ4n) is 3.35. The third kappa shape index (κ3) is 3.61. The van der Waals surface area contributed by atoms with Crippen molar-refractivity contribution in [3.8, 4) is 0 Å². The first kappa shape index (κ1) is 16.8. The molecule has 2 aromatic heterocycles. The Morgan fingerprint density at radius 1 is 1.19 bits per heavy atom. The number of benzene rings is 1. The fraction of sp³-hybridized carbons (Fsp3) is 0.300. The van der Waals surface area contributed by atoms with E-state index >= 15 is 0 Å². The van der Waals surface area contributed by atoms with Gasteiger partial charge in [-0.2, -0.15) is 0 Å². The quantitative estimate of drug-likeness (QED) is 0.759. The number of nitrogens with one attached hydrogen (secondary N) is 1. The second kappa shape index (κ2) is 7.27. The number of amides is 1. The number of hydrogen-bond donors (Lipinski definition) is 2. The van der Waals surface area contributed by atoms with Gasteiger partial charge in [0.1, 0.15) is 5.65 Å². The van der Waals surface area contributed by atoms with Crippen molar-refractivity contribution in [2.45, 2.75) is 25.5 Å². The molecule has 1 saturated heterocycles. The van der Waals surface area contributed by atoms with Crippen molar-refractivity contribution in [2.24, 2.45) is 0 Å². The Bertz CT molecular complexity index is 913. The lowest BCUT2D eigenvalue weighted by Crippen LogP contribution is -2.35. The number of para-hydroxylation sites is 1. The van der Waals surface area contributed by atoms with Gasteiger partial charge in [0, 0.05) is 43.9 Å². The molecule has 2 N–H and O–H groups in total. The molecule has 1 aliphatic heterocycles. The maximum Gasteiger partial charge on any atom is 0.257 e. The standard InChI is InChI=1S/C20H22N4O2/c25-17-7-10-23(11-8-17)13-15-3-1-2-4-18(15)22-20(26)16-5-6-19-21-9-12-24(19)14-16/h1-6,9,12,14,17,25H,7-8,10-11,13H2,(H,22,26). The van der Waals surface area contributed by atoms with Crippen LogP contribution in [0.5, 0.6) is 0 Å². The minimum Gasteiger partial charge on any atom is -0.393 e. The Labute approximate surface area is 152 Å². The van der Waals surface area contributed by atoms with Gasteiger partial charge in [0.25, 0.3) is 5.91 Å². The summed E-state index contributed by atoms with van der Waals surface area (Å²) < 4.78 is 1.83. The number of carbonyl (C=O) groups excluding carboxylic acids is 1. The first-order valence-corrected chi connectivity index (χ1v) is 8.91. The molecule has 1 aliphatic rings. The number of aromatic nitrogens is 2. The highest BCUT2D eigenvalue weighted by molar-refractivity contribution is 6.04.